The fraction of sp³-hybridized carbons (Fsp3) is 0.474. The Balaban J connectivity index is 1.43. The van der Waals surface area contributed by atoms with Crippen LogP contribution in [0.1, 0.15) is 30.7 Å². The Morgan fingerprint density at radius 3 is 2.84 bits per heavy atom. The fourth-order valence-corrected chi connectivity index (χ4v) is 4.52. The van der Waals surface area contributed by atoms with Crippen molar-refractivity contribution in [3.63, 3.8) is 0 Å². The molecular formula is C19H23FN4O. The molecule has 4 rings (SSSR count). The summed E-state index contributed by atoms with van der Waals surface area (Å²) in [6.07, 6.45) is 6.69. The molecule has 0 aliphatic heterocycles. The molecule has 4 atom stereocenters. The van der Waals surface area contributed by atoms with E-state index >= 15 is 0 Å². The van der Waals surface area contributed by atoms with Crippen LogP contribution in [0.2, 0.25) is 0 Å². The fourth-order valence-electron chi connectivity index (χ4n) is 4.52. The number of amides is 1. The lowest BCUT2D eigenvalue weighted by molar-refractivity contribution is -0.127. The van der Waals surface area contributed by atoms with Crippen molar-refractivity contribution in [1.82, 2.24) is 14.9 Å². The van der Waals surface area contributed by atoms with E-state index < -0.39 is 0 Å². The number of benzene rings is 1. The molecule has 1 aromatic carbocycles. The predicted molar refractivity (Wildman–Crippen MR) is 92.4 cm³/mol. The zero-order chi connectivity index (χ0) is 17.6. The van der Waals surface area contributed by atoms with Crippen LogP contribution >= 0.6 is 0 Å². The molecule has 2 fully saturated rings. The lowest BCUT2D eigenvalue weighted by atomic mass is 9.84. The second-order valence-corrected chi connectivity index (χ2v) is 7.28. The van der Waals surface area contributed by atoms with E-state index in [1.165, 1.54) is 6.07 Å². The highest BCUT2D eigenvalue weighted by molar-refractivity contribution is 5.80. The van der Waals surface area contributed by atoms with Gasteiger partial charge in [0, 0.05) is 25.0 Å². The topological polar surface area (TPSA) is 72.9 Å². The molecule has 5 nitrogen and oxygen atoms in total. The summed E-state index contributed by atoms with van der Waals surface area (Å²) >= 11 is 0. The van der Waals surface area contributed by atoms with Crippen molar-refractivity contribution in [2.45, 2.75) is 38.8 Å². The molecule has 4 unspecified atom stereocenters. The van der Waals surface area contributed by atoms with Gasteiger partial charge in [-0.25, -0.2) is 9.37 Å². The average Bonchev–Trinajstić information content (AvgIpc) is 3.29. The molecule has 6 heteroatoms. The SMILES string of the molecule is Cc1nccn1-c1ccc(CNC(=O)C2C3CCC(C3)C2N)cc1F. The second kappa shape index (κ2) is 6.26. The van der Waals surface area contributed by atoms with Crippen molar-refractivity contribution in [3.8, 4) is 5.69 Å². The highest BCUT2D eigenvalue weighted by Crippen LogP contribution is 2.47. The number of carbonyl (C=O) groups is 1. The van der Waals surface area contributed by atoms with Crippen molar-refractivity contribution in [1.29, 1.82) is 0 Å². The summed E-state index contributed by atoms with van der Waals surface area (Å²) in [6.45, 7) is 2.14. The van der Waals surface area contributed by atoms with Gasteiger partial charge >= 0.3 is 0 Å². The van der Waals surface area contributed by atoms with Gasteiger partial charge in [0.2, 0.25) is 5.91 Å². The van der Waals surface area contributed by atoms with Crippen LogP contribution in [0.4, 0.5) is 4.39 Å². The normalized spacial score (nSPS) is 27.6. The summed E-state index contributed by atoms with van der Waals surface area (Å²) in [5.74, 6) is 1.24. The molecule has 2 bridgehead atoms. The lowest BCUT2D eigenvalue weighted by Gasteiger charge is -2.27. The molecule has 1 heterocycles. The molecule has 2 aliphatic carbocycles. The van der Waals surface area contributed by atoms with Crippen molar-refractivity contribution in [2.24, 2.45) is 23.5 Å². The van der Waals surface area contributed by atoms with E-state index in [0.29, 0.717) is 24.1 Å². The molecule has 132 valence electrons. The van der Waals surface area contributed by atoms with Gasteiger partial charge in [-0.1, -0.05) is 6.07 Å². The maximum atomic E-state index is 14.4. The highest BCUT2D eigenvalue weighted by atomic mass is 19.1. The molecule has 1 aromatic heterocycles. The number of hydrogen-bond donors (Lipinski definition) is 2. The number of nitrogens with one attached hydrogen (secondary N) is 1. The van der Waals surface area contributed by atoms with Crippen LogP contribution in [-0.2, 0) is 11.3 Å². The van der Waals surface area contributed by atoms with Crippen molar-refractivity contribution in [3.05, 3.63) is 47.8 Å². The average molecular weight is 342 g/mol. The van der Waals surface area contributed by atoms with E-state index in [2.05, 4.69) is 10.3 Å². The minimum absolute atomic E-state index is 0.00892. The van der Waals surface area contributed by atoms with Gasteiger partial charge in [-0.3, -0.25) is 4.79 Å². The molecule has 2 aromatic rings. The summed E-state index contributed by atoms with van der Waals surface area (Å²) in [5, 5.41) is 2.94. The van der Waals surface area contributed by atoms with Crippen molar-refractivity contribution < 1.29 is 9.18 Å². The Labute approximate surface area is 146 Å². The summed E-state index contributed by atoms with van der Waals surface area (Å²) in [5.41, 5.74) is 7.42. The van der Waals surface area contributed by atoms with Gasteiger partial charge in [-0.2, -0.15) is 0 Å². The van der Waals surface area contributed by atoms with E-state index in [9.17, 15) is 9.18 Å². The first-order valence-corrected chi connectivity index (χ1v) is 8.86. The van der Waals surface area contributed by atoms with Gasteiger partial charge in [0.05, 0.1) is 11.6 Å². The first-order valence-electron chi connectivity index (χ1n) is 8.86. The van der Waals surface area contributed by atoms with Gasteiger partial charge in [-0.15, -0.1) is 0 Å². The van der Waals surface area contributed by atoms with Gasteiger partial charge in [-0.05, 0) is 55.7 Å². The molecule has 1 amide bonds. The minimum atomic E-state index is -0.329. The third kappa shape index (κ3) is 2.84. The number of halogens is 1. The largest absolute Gasteiger partial charge is 0.352 e. The standard InChI is InChI=1S/C19H23FN4O/c1-11-22-6-7-24(11)16-5-2-12(8-15(16)20)10-23-19(25)17-13-3-4-14(9-13)18(17)21/h2,5-8,13-14,17-18H,3-4,9-10,21H2,1H3,(H,23,25). The van der Waals surface area contributed by atoms with Crippen LogP contribution in [-0.4, -0.2) is 21.5 Å². The molecule has 3 N–H and O–H groups in total. The number of nitrogens with zero attached hydrogens (tertiary/aromatic N) is 2. The number of fused-ring (bicyclic) bond motifs is 2. The van der Waals surface area contributed by atoms with Gasteiger partial charge in [0.25, 0.3) is 0 Å². The number of aryl methyl sites for hydroxylation is 1. The quantitative estimate of drug-likeness (QED) is 0.895. The predicted octanol–water partition coefficient (Wildman–Crippen LogP) is 2.31. The van der Waals surface area contributed by atoms with Crippen LogP contribution in [0.25, 0.3) is 5.69 Å². The van der Waals surface area contributed by atoms with E-state index in [1.54, 1.807) is 23.0 Å². The summed E-state index contributed by atoms with van der Waals surface area (Å²) in [4.78, 5) is 16.6. The Bertz CT molecular complexity index is 800. The molecule has 2 saturated carbocycles. The third-order valence-corrected chi connectivity index (χ3v) is 5.85. The molecule has 0 radical (unpaired) electrons. The smallest absolute Gasteiger partial charge is 0.225 e. The Morgan fingerprint density at radius 2 is 2.20 bits per heavy atom. The zero-order valence-corrected chi connectivity index (χ0v) is 14.3. The Hall–Kier alpha value is -2.21. The van der Waals surface area contributed by atoms with Crippen molar-refractivity contribution in [2.75, 3.05) is 0 Å². The third-order valence-electron chi connectivity index (χ3n) is 5.85. The second-order valence-electron chi connectivity index (χ2n) is 7.28. The van der Waals surface area contributed by atoms with Crippen LogP contribution < -0.4 is 11.1 Å². The van der Waals surface area contributed by atoms with Gasteiger partial charge in [0.1, 0.15) is 11.6 Å². The van der Waals surface area contributed by atoms with E-state index in [1.807, 2.05) is 13.0 Å². The van der Waals surface area contributed by atoms with Crippen LogP contribution in [0.15, 0.2) is 30.6 Å². The molecule has 0 saturated heterocycles. The Kier molecular flexibility index (Phi) is 4.07. The zero-order valence-electron chi connectivity index (χ0n) is 14.3. The number of carbonyl (C=O) groups excluding carboxylic acids is 1. The van der Waals surface area contributed by atoms with Gasteiger partial charge in [0.15, 0.2) is 0 Å². The monoisotopic (exact) mass is 342 g/mol. The number of rotatable bonds is 4. The number of imidazole rings is 1. The highest BCUT2D eigenvalue weighted by Gasteiger charge is 2.48. The van der Waals surface area contributed by atoms with Crippen LogP contribution in [0.5, 0.6) is 0 Å². The maximum absolute atomic E-state index is 14.4. The molecule has 0 spiro atoms. The van der Waals surface area contributed by atoms with E-state index in [-0.39, 0.29) is 23.7 Å². The van der Waals surface area contributed by atoms with Crippen molar-refractivity contribution >= 4 is 5.91 Å². The molecular weight excluding hydrogens is 319 g/mol. The number of hydrogen-bond acceptors (Lipinski definition) is 3. The number of nitrogens with two attached hydrogens (primary N) is 1. The molecule has 2 aliphatic rings. The minimum Gasteiger partial charge on any atom is -0.352 e. The van der Waals surface area contributed by atoms with Crippen LogP contribution in [0.3, 0.4) is 0 Å². The van der Waals surface area contributed by atoms with E-state index in [4.69, 9.17) is 5.73 Å². The van der Waals surface area contributed by atoms with E-state index in [0.717, 1.165) is 30.7 Å². The summed E-state index contributed by atoms with van der Waals surface area (Å²) in [6, 6.07) is 4.99. The maximum Gasteiger partial charge on any atom is 0.225 e. The van der Waals surface area contributed by atoms with Gasteiger partial charge < -0.3 is 15.6 Å². The first kappa shape index (κ1) is 16.3. The summed E-state index contributed by atoms with van der Waals surface area (Å²) in [7, 11) is 0. The lowest BCUT2D eigenvalue weighted by Crippen LogP contribution is -2.45. The van der Waals surface area contributed by atoms with Crippen LogP contribution in [0, 0.1) is 30.5 Å². The number of aromatic nitrogens is 2. The first-order chi connectivity index (χ1) is 12.0. The Morgan fingerprint density at radius 1 is 1.40 bits per heavy atom. The molecule has 25 heavy (non-hydrogen) atoms. The summed E-state index contributed by atoms with van der Waals surface area (Å²) < 4.78 is 16.1.